The fourth-order valence-corrected chi connectivity index (χ4v) is 4.24. The van der Waals surface area contributed by atoms with Gasteiger partial charge in [-0.2, -0.15) is 4.98 Å². The fourth-order valence-electron chi connectivity index (χ4n) is 4.24. The van der Waals surface area contributed by atoms with Crippen molar-refractivity contribution in [3.8, 4) is 0 Å². The van der Waals surface area contributed by atoms with E-state index < -0.39 is 0 Å². The van der Waals surface area contributed by atoms with Gasteiger partial charge >= 0.3 is 5.69 Å². The molecular formula is C19H28N6O2. The van der Waals surface area contributed by atoms with E-state index in [0.717, 1.165) is 23.3 Å². The first-order chi connectivity index (χ1) is 12.9. The summed E-state index contributed by atoms with van der Waals surface area (Å²) in [5, 5.41) is 0. The third kappa shape index (κ3) is 2.82. The lowest BCUT2D eigenvalue weighted by molar-refractivity contribution is 0.230. The molecule has 1 aliphatic heterocycles. The summed E-state index contributed by atoms with van der Waals surface area (Å²) in [4.78, 5) is 32.2. The van der Waals surface area contributed by atoms with Crippen molar-refractivity contribution in [3.05, 3.63) is 32.7 Å². The summed E-state index contributed by atoms with van der Waals surface area (Å²) in [7, 11) is 3.17. The maximum absolute atomic E-state index is 12.7. The van der Waals surface area contributed by atoms with E-state index in [1.165, 1.54) is 49.7 Å². The summed E-state index contributed by atoms with van der Waals surface area (Å²) in [6.07, 6.45) is 6.85. The maximum atomic E-state index is 12.7. The molecule has 3 aromatic rings. The Balaban J connectivity index is 1.84. The van der Waals surface area contributed by atoms with Crippen LogP contribution in [0.4, 0.5) is 0 Å². The van der Waals surface area contributed by atoms with Crippen molar-refractivity contribution in [2.45, 2.75) is 45.6 Å². The lowest BCUT2D eigenvalue weighted by atomic mass is 10.1. The lowest BCUT2D eigenvalue weighted by Crippen LogP contribution is -2.37. The Bertz CT molecular complexity index is 1110. The minimum atomic E-state index is -0.352. The lowest BCUT2D eigenvalue weighted by Gasteiger charge is -2.26. The fraction of sp³-hybridized carbons (Fsp3) is 0.632. The molecule has 1 fully saturated rings. The molecule has 0 aromatic carbocycles. The zero-order valence-electron chi connectivity index (χ0n) is 16.6. The van der Waals surface area contributed by atoms with Gasteiger partial charge in [-0.15, -0.1) is 0 Å². The number of aromatic nitrogens is 5. The van der Waals surface area contributed by atoms with E-state index in [-0.39, 0.29) is 17.3 Å². The van der Waals surface area contributed by atoms with Gasteiger partial charge in [-0.25, -0.2) is 4.79 Å². The van der Waals surface area contributed by atoms with Gasteiger partial charge in [-0.05, 0) is 39.8 Å². The van der Waals surface area contributed by atoms with E-state index in [1.54, 1.807) is 7.05 Å². The molecule has 146 valence electrons. The van der Waals surface area contributed by atoms with Crippen LogP contribution < -0.4 is 11.2 Å². The molecule has 4 heterocycles. The number of aryl methyl sites for hydroxylation is 1. The highest BCUT2D eigenvalue weighted by atomic mass is 16.2. The second kappa shape index (κ2) is 6.67. The Hall–Kier alpha value is -2.35. The van der Waals surface area contributed by atoms with Gasteiger partial charge < -0.3 is 9.47 Å². The van der Waals surface area contributed by atoms with Gasteiger partial charge in [0.25, 0.3) is 5.56 Å². The Labute approximate surface area is 157 Å². The first-order valence-corrected chi connectivity index (χ1v) is 9.80. The first kappa shape index (κ1) is 18.0. The second-order valence-electron chi connectivity index (χ2n) is 7.90. The molecule has 0 bridgehead atoms. The zero-order chi connectivity index (χ0) is 19.3. The number of piperidine rings is 1. The number of rotatable bonds is 4. The molecule has 0 amide bonds. The van der Waals surface area contributed by atoms with Crippen LogP contribution in [0.1, 0.15) is 44.8 Å². The van der Waals surface area contributed by atoms with Gasteiger partial charge in [-0.1, -0.05) is 6.42 Å². The number of fused-ring (bicyclic) bond motifs is 3. The molecule has 4 rings (SSSR count). The van der Waals surface area contributed by atoms with Gasteiger partial charge in [0.05, 0.1) is 0 Å². The number of nitrogens with zero attached hydrogens (tertiary/aromatic N) is 6. The molecule has 0 saturated carbocycles. The van der Waals surface area contributed by atoms with Crippen LogP contribution in [0.5, 0.6) is 0 Å². The summed E-state index contributed by atoms with van der Waals surface area (Å²) in [5.41, 5.74) is 1.43. The molecule has 0 unspecified atom stereocenters. The number of imidazole rings is 2. The van der Waals surface area contributed by atoms with Crippen LogP contribution in [0.25, 0.3) is 16.9 Å². The highest BCUT2D eigenvalue weighted by Gasteiger charge is 2.21. The molecule has 0 spiro atoms. The number of likely N-dealkylation sites (tertiary alicyclic amines) is 1. The van der Waals surface area contributed by atoms with Crippen LogP contribution in [0.3, 0.4) is 0 Å². The normalized spacial score (nSPS) is 16.2. The van der Waals surface area contributed by atoms with Crippen molar-refractivity contribution in [2.24, 2.45) is 14.1 Å². The van der Waals surface area contributed by atoms with Gasteiger partial charge in [-0.3, -0.25) is 18.3 Å². The molecule has 3 aromatic heterocycles. The number of hydrogen-bond donors (Lipinski definition) is 0. The highest BCUT2D eigenvalue weighted by Crippen LogP contribution is 2.21. The smallest absolute Gasteiger partial charge is 0.311 e. The summed E-state index contributed by atoms with van der Waals surface area (Å²) >= 11 is 0. The summed E-state index contributed by atoms with van der Waals surface area (Å²) in [6.45, 7) is 7.62. The molecule has 8 heteroatoms. The molecular weight excluding hydrogens is 344 g/mol. The minimum absolute atomic E-state index is 0.219. The van der Waals surface area contributed by atoms with E-state index in [2.05, 4.69) is 28.3 Å². The van der Waals surface area contributed by atoms with Crippen molar-refractivity contribution in [2.75, 3.05) is 19.6 Å². The average molecular weight is 372 g/mol. The highest BCUT2D eigenvalue weighted by molar-refractivity contribution is 5.75. The van der Waals surface area contributed by atoms with Crippen molar-refractivity contribution in [1.29, 1.82) is 0 Å². The predicted molar refractivity (Wildman–Crippen MR) is 106 cm³/mol. The SMILES string of the molecule is CC(C)n1c(CCN2CCCCC2)cn2c3c(=O)n(C)c(=O)n(C)c3nc12. The van der Waals surface area contributed by atoms with Gasteiger partial charge in [0, 0.05) is 45.0 Å². The minimum Gasteiger partial charge on any atom is -0.311 e. The monoisotopic (exact) mass is 372 g/mol. The van der Waals surface area contributed by atoms with Crippen LogP contribution in [-0.4, -0.2) is 47.6 Å². The van der Waals surface area contributed by atoms with Crippen LogP contribution in [-0.2, 0) is 20.5 Å². The molecule has 1 saturated heterocycles. The molecule has 0 radical (unpaired) electrons. The van der Waals surface area contributed by atoms with E-state index in [4.69, 9.17) is 0 Å². The van der Waals surface area contributed by atoms with Crippen molar-refractivity contribution in [3.63, 3.8) is 0 Å². The molecule has 0 N–H and O–H groups in total. The Morgan fingerprint density at radius 1 is 1.07 bits per heavy atom. The average Bonchev–Trinajstić information content (AvgIpc) is 3.19. The summed E-state index contributed by atoms with van der Waals surface area (Å²) < 4.78 is 6.65. The Morgan fingerprint density at radius 3 is 2.44 bits per heavy atom. The van der Waals surface area contributed by atoms with Crippen LogP contribution in [0.15, 0.2) is 15.8 Å². The van der Waals surface area contributed by atoms with E-state index in [1.807, 2.05) is 10.6 Å². The Morgan fingerprint density at radius 2 is 1.78 bits per heavy atom. The van der Waals surface area contributed by atoms with Crippen LogP contribution >= 0.6 is 0 Å². The molecule has 1 aliphatic rings. The molecule has 8 nitrogen and oxygen atoms in total. The quantitative estimate of drug-likeness (QED) is 0.692. The van der Waals surface area contributed by atoms with Gasteiger partial charge in [0.2, 0.25) is 5.78 Å². The van der Waals surface area contributed by atoms with Gasteiger partial charge in [0.15, 0.2) is 11.2 Å². The van der Waals surface area contributed by atoms with Gasteiger partial charge in [0.1, 0.15) is 0 Å². The summed E-state index contributed by atoms with van der Waals surface area (Å²) in [6, 6.07) is 0.219. The second-order valence-corrected chi connectivity index (χ2v) is 7.90. The van der Waals surface area contributed by atoms with E-state index in [0.29, 0.717) is 11.2 Å². The van der Waals surface area contributed by atoms with Crippen LogP contribution in [0.2, 0.25) is 0 Å². The van der Waals surface area contributed by atoms with Crippen molar-refractivity contribution < 1.29 is 0 Å². The maximum Gasteiger partial charge on any atom is 0.332 e. The summed E-state index contributed by atoms with van der Waals surface area (Å²) in [5.74, 6) is 0.729. The standard InChI is InChI=1S/C19H28N6O2/c1-13(2)25-14(8-11-23-9-6-5-7-10-23)12-24-15-16(20-18(24)25)21(3)19(27)22(4)17(15)26/h12-13H,5-11H2,1-4H3. The topological polar surface area (TPSA) is 69.5 Å². The zero-order valence-corrected chi connectivity index (χ0v) is 16.6. The number of hydrogen-bond acceptors (Lipinski definition) is 4. The molecule has 0 aliphatic carbocycles. The molecule has 27 heavy (non-hydrogen) atoms. The molecule has 0 atom stereocenters. The van der Waals surface area contributed by atoms with E-state index >= 15 is 0 Å². The van der Waals surface area contributed by atoms with Crippen molar-refractivity contribution in [1.82, 2.24) is 28.0 Å². The Kier molecular flexibility index (Phi) is 4.46. The van der Waals surface area contributed by atoms with Crippen LogP contribution in [0, 0.1) is 0 Å². The third-order valence-electron chi connectivity index (χ3n) is 5.73. The predicted octanol–water partition coefficient (Wildman–Crippen LogP) is 1.30. The van der Waals surface area contributed by atoms with E-state index in [9.17, 15) is 9.59 Å². The largest absolute Gasteiger partial charge is 0.332 e. The first-order valence-electron chi connectivity index (χ1n) is 9.80. The third-order valence-corrected chi connectivity index (χ3v) is 5.73. The van der Waals surface area contributed by atoms with Crippen molar-refractivity contribution >= 4 is 16.9 Å².